The topological polar surface area (TPSA) is 126 Å². The van der Waals surface area contributed by atoms with Crippen LogP contribution in [0.4, 0.5) is 0 Å². The van der Waals surface area contributed by atoms with Crippen LogP contribution in [0.5, 0.6) is 0 Å². The van der Waals surface area contributed by atoms with Gasteiger partial charge in [-0.15, -0.1) is 0 Å². The highest BCUT2D eigenvalue weighted by atomic mass is 16.3. The van der Waals surface area contributed by atoms with Gasteiger partial charge in [0.1, 0.15) is 12.2 Å². The van der Waals surface area contributed by atoms with E-state index in [1.165, 1.54) is 18.3 Å². The van der Waals surface area contributed by atoms with Crippen molar-refractivity contribution < 1.29 is 10.2 Å². The lowest BCUT2D eigenvalue weighted by molar-refractivity contribution is 0.0218. The summed E-state index contributed by atoms with van der Waals surface area (Å²) >= 11 is 0. The molecule has 0 bridgehead atoms. The van der Waals surface area contributed by atoms with E-state index in [4.69, 9.17) is 10.8 Å². The Kier molecular flexibility index (Phi) is 4.24. The molecule has 0 aromatic carbocycles. The molecule has 2 atom stereocenters. The van der Waals surface area contributed by atoms with Crippen LogP contribution in [0.2, 0.25) is 0 Å². The van der Waals surface area contributed by atoms with E-state index in [0.29, 0.717) is 5.56 Å². The number of pyridine rings is 1. The Balaban J connectivity index is 2.75. The van der Waals surface area contributed by atoms with Gasteiger partial charge in [-0.1, -0.05) is 5.11 Å². The van der Waals surface area contributed by atoms with Gasteiger partial charge in [0, 0.05) is 11.1 Å². The molecule has 0 aliphatic heterocycles. The first kappa shape index (κ1) is 11.9. The van der Waals surface area contributed by atoms with Gasteiger partial charge < -0.3 is 10.2 Å². The lowest BCUT2D eigenvalue weighted by atomic mass is 10.1. The van der Waals surface area contributed by atoms with E-state index in [1.807, 2.05) is 6.07 Å². The average Bonchev–Trinajstić information content (AvgIpc) is 2.35. The second-order valence-electron chi connectivity index (χ2n) is 3.01. The fourth-order valence-corrected chi connectivity index (χ4v) is 1.06. The standard InChI is InChI=1S/C9H9N5O2/c10-3-6-1-2-7(12-4-6)9(16)8(15)5-13-14-11/h1-2,4,8-9,15-16H,5H2. The van der Waals surface area contributed by atoms with Crippen molar-refractivity contribution in [2.24, 2.45) is 5.11 Å². The van der Waals surface area contributed by atoms with Gasteiger partial charge in [-0.2, -0.15) is 5.26 Å². The summed E-state index contributed by atoms with van der Waals surface area (Å²) in [6, 6.07) is 4.79. The summed E-state index contributed by atoms with van der Waals surface area (Å²) in [5.74, 6) is 0. The summed E-state index contributed by atoms with van der Waals surface area (Å²) in [6.45, 7) is -0.237. The first-order valence-electron chi connectivity index (χ1n) is 4.42. The third kappa shape index (κ3) is 2.93. The first-order chi connectivity index (χ1) is 7.69. The van der Waals surface area contributed by atoms with Crippen LogP contribution in [0.25, 0.3) is 10.4 Å². The maximum atomic E-state index is 9.60. The maximum absolute atomic E-state index is 9.60. The van der Waals surface area contributed by atoms with Crippen LogP contribution in [-0.2, 0) is 0 Å². The minimum absolute atomic E-state index is 0.222. The summed E-state index contributed by atoms with van der Waals surface area (Å²) in [6.07, 6.45) is -1.16. The Hall–Kier alpha value is -2.13. The van der Waals surface area contributed by atoms with E-state index in [9.17, 15) is 10.2 Å². The van der Waals surface area contributed by atoms with Gasteiger partial charge in [0.25, 0.3) is 0 Å². The largest absolute Gasteiger partial charge is 0.390 e. The third-order valence-corrected chi connectivity index (χ3v) is 1.91. The molecule has 16 heavy (non-hydrogen) atoms. The van der Waals surface area contributed by atoms with Gasteiger partial charge in [-0.3, -0.25) is 4.98 Å². The molecule has 0 radical (unpaired) electrons. The molecule has 0 fully saturated rings. The molecule has 1 rings (SSSR count). The number of rotatable bonds is 4. The van der Waals surface area contributed by atoms with Crippen molar-refractivity contribution in [3.8, 4) is 6.07 Å². The number of aliphatic hydroxyl groups excluding tert-OH is 2. The predicted molar refractivity (Wildman–Crippen MR) is 53.9 cm³/mol. The second kappa shape index (κ2) is 5.68. The summed E-state index contributed by atoms with van der Waals surface area (Å²) in [4.78, 5) is 6.28. The Labute approximate surface area is 91.2 Å². The van der Waals surface area contributed by atoms with E-state index in [1.54, 1.807) is 0 Å². The molecule has 0 saturated heterocycles. The monoisotopic (exact) mass is 219 g/mol. The predicted octanol–water partition coefficient (Wildman–Crippen LogP) is 0.658. The number of nitriles is 1. The highest BCUT2D eigenvalue weighted by molar-refractivity contribution is 5.27. The van der Waals surface area contributed by atoms with Crippen molar-refractivity contribution in [1.29, 1.82) is 5.26 Å². The fourth-order valence-electron chi connectivity index (χ4n) is 1.06. The van der Waals surface area contributed by atoms with Gasteiger partial charge in [-0.25, -0.2) is 0 Å². The van der Waals surface area contributed by atoms with Crippen LogP contribution >= 0.6 is 0 Å². The van der Waals surface area contributed by atoms with Crippen molar-refractivity contribution in [2.75, 3.05) is 6.54 Å². The van der Waals surface area contributed by atoms with Crippen molar-refractivity contribution >= 4 is 0 Å². The highest BCUT2D eigenvalue weighted by Gasteiger charge is 2.18. The van der Waals surface area contributed by atoms with E-state index >= 15 is 0 Å². The quantitative estimate of drug-likeness (QED) is 0.438. The van der Waals surface area contributed by atoms with Crippen LogP contribution in [-0.4, -0.2) is 27.8 Å². The van der Waals surface area contributed by atoms with Crippen LogP contribution in [0.1, 0.15) is 17.4 Å². The molecule has 1 aromatic rings. The Morgan fingerprint density at radius 1 is 1.56 bits per heavy atom. The third-order valence-electron chi connectivity index (χ3n) is 1.91. The van der Waals surface area contributed by atoms with Crippen LogP contribution in [0.15, 0.2) is 23.4 Å². The minimum Gasteiger partial charge on any atom is -0.390 e. The molecule has 0 aliphatic carbocycles. The van der Waals surface area contributed by atoms with E-state index < -0.39 is 12.2 Å². The van der Waals surface area contributed by atoms with Crippen LogP contribution in [0, 0.1) is 11.3 Å². The van der Waals surface area contributed by atoms with Crippen LogP contribution in [0.3, 0.4) is 0 Å². The molecule has 7 heteroatoms. The first-order valence-corrected chi connectivity index (χ1v) is 4.42. The van der Waals surface area contributed by atoms with Crippen molar-refractivity contribution in [3.05, 3.63) is 40.0 Å². The highest BCUT2D eigenvalue weighted by Crippen LogP contribution is 2.14. The fraction of sp³-hybridized carbons (Fsp3) is 0.333. The van der Waals surface area contributed by atoms with Gasteiger partial charge in [-0.05, 0) is 17.7 Å². The van der Waals surface area contributed by atoms with Crippen LogP contribution < -0.4 is 0 Å². The van der Waals surface area contributed by atoms with E-state index in [0.717, 1.165) is 0 Å². The van der Waals surface area contributed by atoms with Crippen molar-refractivity contribution in [3.63, 3.8) is 0 Å². The SMILES string of the molecule is N#Cc1ccc(C(O)C(O)CN=[N+]=[N-])nc1. The Morgan fingerprint density at radius 3 is 2.81 bits per heavy atom. The van der Waals surface area contributed by atoms with Crippen molar-refractivity contribution in [2.45, 2.75) is 12.2 Å². The molecule has 1 heterocycles. The Bertz CT molecular complexity index is 432. The molecule has 0 aliphatic rings. The molecule has 1 aromatic heterocycles. The Morgan fingerprint density at radius 2 is 2.31 bits per heavy atom. The van der Waals surface area contributed by atoms with Gasteiger partial charge in [0.2, 0.25) is 0 Å². The number of hydrogen-bond acceptors (Lipinski definition) is 5. The zero-order chi connectivity index (χ0) is 12.0. The molecule has 2 N–H and O–H groups in total. The van der Waals surface area contributed by atoms with E-state index in [2.05, 4.69) is 15.0 Å². The molecular formula is C9H9N5O2. The zero-order valence-corrected chi connectivity index (χ0v) is 8.22. The molecule has 0 spiro atoms. The minimum atomic E-state index is -1.24. The normalized spacial score (nSPS) is 13.3. The summed E-state index contributed by atoms with van der Waals surface area (Å²) < 4.78 is 0. The smallest absolute Gasteiger partial charge is 0.122 e. The van der Waals surface area contributed by atoms with Gasteiger partial charge in [0.15, 0.2) is 0 Å². The summed E-state index contributed by atoms with van der Waals surface area (Å²) in [5.41, 5.74) is 8.63. The molecule has 82 valence electrons. The maximum Gasteiger partial charge on any atom is 0.122 e. The molecule has 0 saturated carbocycles. The van der Waals surface area contributed by atoms with E-state index in [-0.39, 0.29) is 12.2 Å². The number of aliphatic hydroxyl groups is 2. The lowest BCUT2D eigenvalue weighted by Crippen LogP contribution is -2.21. The molecule has 2 unspecified atom stereocenters. The lowest BCUT2D eigenvalue weighted by Gasteiger charge is -2.14. The summed E-state index contributed by atoms with van der Waals surface area (Å²) in [7, 11) is 0. The molecule has 0 amide bonds. The zero-order valence-electron chi connectivity index (χ0n) is 8.22. The number of aromatic nitrogens is 1. The molecular weight excluding hydrogens is 210 g/mol. The number of azide groups is 1. The number of nitrogens with zero attached hydrogens (tertiary/aromatic N) is 5. The molecule has 7 nitrogen and oxygen atoms in total. The average molecular weight is 219 g/mol. The summed E-state index contributed by atoms with van der Waals surface area (Å²) in [5, 5.41) is 30.7. The second-order valence-corrected chi connectivity index (χ2v) is 3.01. The number of hydrogen-bond donors (Lipinski definition) is 2. The van der Waals surface area contributed by atoms with Gasteiger partial charge >= 0.3 is 0 Å². The van der Waals surface area contributed by atoms with Gasteiger partial charge in [0.05, 0.1) is 23.9 Å². The van der Waals surface area contributed by atoms with Crippen molar-refractivity contribution in [1.82, 2.24) is 4.98 Å².